The van der Waals surface area contributed by atoms with Gasteiger partial charge in [0, 0.05) is 6.42 Å². The monoisotopic (exact) mass is 464 g/mol. The van der Waals surface area contributed by atoms with E-state index in [1.54, 1.807) is 0 Å². The number of halogens is 1. The van der Waals surface area contributed by atoms with E-state index in [0.717, 1.165) is 48.3 Å². The van der Waals surface area contributed by atoms with E-state index >= 15 is 0 Å². The van der Waals surface area contributed by atoms with Gasteiger partial charge < -0.3 is 0 Å². The molecule has 0 radical (unpaired) electrons. The molecule has 4 aliphatic carbocycles. The lowest BCUT2D eigenvalue weighted by molar-refractivity contribution is -0.139. The number of hydrogen-bond donors (Lipinski definition) is 0. The van der Waals surface area contributed by atoms with Gasteiger partial charge >= 0.3 is 0 Å². The highest BCUT2D eigenvalue weighted by molar-refractivity contribution is 9.10. The standard InChI is InChI=1S/C27H45BrO/c1-17(2)7-6-8-18(3)21-11-12-22-20-10-9-19-15-25(29)24(28)16-27(19,5)23(20)13-14-26(21,22)4/h17-24H,6-16H2,1-5H3/t18-,19+,20+,21?,22+,23+,24-,26-,27+/m1/s1. The summed E-state index contributed by atoms with van der Waals surface area (Å²) in [6.07, 6.45) is 14.7. The van der Waals surface area contributed by atoms with Gasteiger partial charge in [0.25, 0.3) is 0 Å². The average Bonchev–Trinajstić information content (AvgIpc) is 3.00. The van der Waals surface area contributed by atoms with Crippen LogP contribution in [0.1, 0.15) is 105 Å². The van der Waals surface area contributed by atoms with Crippen molar-refractivity contribution < 1.29 is 4.79 Å². The zero-order valence-corrected chi connectivity index (χ0v) is 21.3. The number of fused-ring (bicyclic) bond motifs is 5. The van der Waals surface area contributed by atoms with Crippen LogP contribution >= 0.6 is 15.9 Å². The van der Waals surface area contributed by atoms with Crippen LogP contribution in [0.5, 0.6) is 0 Å². The maximum atomic E-state index is 12.4. The van der Waals surface area contributed by atoms with Crippen LogP contribution in [0, 0.1) is 52.3 Å². The lowest BCUT2D eigenvalue weighted by Gasteiger charge is -2.61. The molecule has 4 fully saturated rings. The molecule has 4 aliphatic rings. The molecule has 0 heterocycles. The Morgan fingerprint density at radius 1 is 0.966 bits per heavy atom. The van der Waals surface area contributed by atoms with E-state index in [0.29, 0.717) is 22.5 Å². The molecule has 0 aliphatic heterocycles. The first-order chi connectivity index (χ1) is 13.7. The quantitative estimate of drug-likeness (QED) is 0.375. The van der Waals surface area contributed by atoms with Gasteiger partial charge in [0.15, 0.2) is 0 Å². The zero-order chi connectivity index (χ0) is 21.0. The highest BCUT2D eigenvalue weighted by Crippen LogP contribution is 2.68. The Labute approximate surface area is 188 Å². The summed E-state index contributed by atoms with van der Waals surface area (Å²) in [7, 11) is 0. The lowest BCUT2D eigenvalue weighted by Crippen LogP contribution is -2.55. The second-order valence-electron chi connectivity index (χ2n) is 12.5. The Kier molecular flexibility index (Phi) is 6.36. The summed E-state index contributed by atoms with van der Waals surface area (Å²) in [5.74, 6) is 6.56. The van der Waals surface area contributed by atoms with Gasteiger partial charge in [-0.2, -0.15) is 0 Å². The predicted molar refractivity (Wildman–Crippen MR) is 126 cm³/mol. The Hall–Kier alpha value is 0.150. The Morgan fingerprint density at radius 3 is 2.41 bits per heavy atom. The fourth-order valence-electron chi connectivity index (χ4n) is 9.08. The molecule has 4 saturated carbocycles. The second kappa shape index (κ2) is 8.25. The van der Waals surface area contributed by atoms with Gasteiger partial charge in [0.2, 0.25) is 0 Å². The Morgan fingerprint density at radius 2 is 1.69 bits per heavy atom. The van der Waals surface area contributed by atoms with Crippen molar-refractivity contribution in [3.05, 3.63) is 0 Å². The number of hydrogen-bond acceptors (Lipinski definition) is 1. The third-order valence-electron chi connectivity index (χ3n) is 10.7. The molecule has 166 valence electrons. The van der Waals surface area contributed by atoms with Gasteiger partial charge in [-0.1, -0.05) is 69.8 Å². The molecule has 0 N–H and O–H groups in total. The number of carbonyl (C=O) groups excluding carboxylic acids is 1. The molecule has 0 spiro atoms. The van der Waals surface area contributed by atoms with E-state index in [-0.39, 0.29) is 4.83 Å². The van der Waals surface area contributed by atoms with Gasteiger partial charge in [-0.25, -0.2) is 0 Å². The van der Waals surface area contributed by atoms with E-state index < -0.39 is 0 Å². The van der Waals surface area contributed by atoms with Crippen molar-refractivity contribution in [1.29, 1.82) is 0 Å². The third-order valence-corrected chi connectivity index (χ3v) is 11.5. The molecule has 0 aromatic heterocycles. The first kappa shape index (κ1) is 22.3. The van der Waals surface area contributed by atoms with Crippen molar-refractivity contribution in [1.82, 2.24) is 0 Å². The van der Waals surface area contributed by atoms with Crippen LogP contribution < -0.4 is 0 Å². The second-order valence-corrected chi connectivity index (χ2v) is 13.6. The normalized spacial score (nSPS) is 48.2. The fourth-order valence-corrected chi connectivity index (χ4v) is 9.97. The minimum absolute atomic E-state index is 0.119. The summed E-state index contributed by atoms with van der Waals surface area (Å²) >= 11 is 3.75. The van der Waals surface area contributed by atoms with Crippen LogP contribution in [0.25, 0.3) is 0 Å². The molecule has 0 aromatic carbocycles. The number of rotatable bonds is 5. The zero-order valence-electron chi connectivity index (χ0n) is 19.7. The highest BCUT2D eigenvalue weighted by atomic mass is 79.9. The Balaban J connectivity index is 1.48. The number of ketones is 1. The van der Waals surface area contributed by atoms with Crippen molar-refractivity contribution in [3.63, 3.8) is 0 Å². The molecule has 1 nitrogen and oxygen atoms in total. The maximum absolute atomic E-state index is 12.4. The molecule has 29 heavy (non-hydrogen) atoms. The number of alkyl halides is 1. The van der Waals surface area contributed by atoms with E-state index in [1.807, 2.05) is 0 Å². The number of carbonyl (C=O) groups is 1. The van der Waals surface area contributed by atoms with Crippen LogP contribution in [-0.2, 0) is 4.79 Å². The van der Waals surface area contributed by atoms with E-state index in [2.05, 4.69) is 50.5 Å². The highest BCUT2D eigenvalue weighted by Gasteiger charge is 2.61. The van der Waals surface area contributed by atoms with Gasteiger partial charge in [-0.15, -0.1) is 0 Å². The third kappa shape index (κ3) is 3.80. The lowest BCUT2D eigenvalue weighted by atomic mass is 9.44. The van der Waals surface area contributed by atoms with Gasteiger partial charge in [0.05, 0.1) is 4.83 Å². The van der Waals surface area contributed by atoms with E-state index in [1.165, 1.54) is 57.8 Å². The largest absolute Gasteiger partial charge is 0.298 e. The van der Waals surface area contributed by atoms with Crippen molar-refractivity contribution in [2.45, 2.75) is 110 Å². The maximum Gasteiger partial charge on any atom is 0.146 e. The molecule has 0 aromatic rings. The minimum atomic E-state index is 0.119. The van der Waals surface area contributed by atoms with Crippen molar-refractivity contribution in [2.24, 2.45) is 52.3 Å². The average molecular weight is 466 g/mol. The summed E-state index contributed by atoms with van der Waals surface area (Å²) in [4.78, 5) is 12.5. The van der Waals surface area contributed by atoms with Crippen molar-refractivity contribution >= 4 is 21.7 Å². The van der Waals surface area contributed by atoms with E-state index in [4.69, 9.17) is 0 Å². The van der Waals surface area contributed by atoms with Gasteiger partial charge in [-0.05, 0) is 97.2 Å². The summed E-state index contributed by atoms with van der Waals surface area (Å²) in [6.45, 7) is 12.6. The van der Waals surface area contributed by atoms with Crippen molar-refractivity contribution in [3.8, 4) is 0 Å². The van der Waals surface area contributed by atoms with E-state index in [9.17, 15) is 4.79 Å². The molecule has 2 heteroatoms. The van der Waals surface area contributed by atoms with Crippen LogP contribution in [0.3, 0.4) is 0 Å². The van der Waals surface area contributed by atoms with Crippen LogP contribution in [-0.4, -0.2) is 10.6 Å². The minimum Gasteiger partial charge on any atom is -0.298 e. The van der Waals surface area contributed by atoms with Crippen LogP contribution in [0.15, 0.2) is 0 Å². The molecule has 0 bridgehead atoms. The molecule has 1 unspecified atom stereocenters. The number of Topliss-reactive ketones (excluding diaryl/α,β-unsaturated/α-hetero) is 1. The molecule has 9 atom stereocenters. The summed E-state index contributed by atoms with van der Waals surface area (Å²) in [5.41, 5.74) is 0.979. The first-order valence-corrected chi connectivity index (χ1v) is 13.7. The molecule has 0 amide bonds. The predicted octanol–water partition coefficient (Wildman–Crippen LogP) is 8.05. The topological polar surface area (TPSA) is 17.1 Å². The van der Waals surface area contributed by atoms with Crippen LogP contribution in [0.4, 0.5) is 0 Å². The van der Waals surface area contributed by atoms with Crippen LogP contribution in [0.2, 0.25) is 0 Å². The van der Waals surface area contributed by atoms with Gasteiger partial charge in [-0.3, -0.25) is 4.79 Å². The first-order valence-electron chi connectivity index (χ1n) is 12.8. The smallest absolute Gasteiger partial charge is 0.146 e. The molecular formula is C27H45BrO. The SMILES string of the molecule is CC(C)CCC[C@@H](C)C1CC[C@H]2[C@@H]3CC[C@H]4CC(=O)[C@H](Br)C[C@]4(C)[C@H]3CC[C@]12C. The summed E-state index contributed by atoms with van der Waals surface area (Å²) in [6, 6.07) is 0. The van der Waals surface area contributed by atoms with Crippen molar-refractivity contribution in [2.75, 3.05) is 0 Å². The molecule has 4 rings (SSSR count). The fraction of sp³-hybridized carbons (Fsp3) is 0.963. The summed E-state index contributed by atoms with van der Waals surface area (Å²) in [5, 5.41) is 0. The molecular weight excluding hydrogens is 420 g/mol. The Bertz CT molecular complexity index is 614. The molecule has 0 saturated heterocycles. The summed E-state index contributed by atoms with van der Waals surface area (Å²) < 4.78 is 0. The van der Waals surface area contributed by atoms with Gasteiger partial charge in [0.1, 0.15) is 5.78 Å².